The van der Waals surface area contributed by atoms with E-state index in [4.69, 9.17) is 5.11 Å². The molecule has 1 N–H and O–H groups in total. The van der Waals surface area contributed by atoms with Gasteiger partial charge in [0.15, 0.2) is 0 Å². The van der Waals surface area contributed by atoms with Crippen LogP contribution in [0.25, 0.3) is 17.2 Å². The first-order chi connectivity index (χ1) is 8.66. The Labute approximate surface area is 106 Å². The lowest BCUT2D eigenvalue weighted by atomic mass is 9.99. The number of hydrogen-bond acceptors (Lipinski definition) is 1. The third-order valence-corrected chi connectivity index (χ3v) is 2.76. The molecule has 0 aliphatic rings. The Hall–Kier alpha value is -2.35. The molecule has 0 spiro atoms. The maximum absolute atomic E-state index is 10.5. The molecule has 0 amide bonds. The van der Waals surface area contributed by atoms with Crippen molar-refractivity contribution in [2.75, 3.05) is 0 Å². The van der Waals surface area contributed by atoms with Gasteiger partial charge in [-0.05, 0) is 41.3 Å². The minimum Gasteiger partial charge on any atom is -0.478 e. The van der Waals surface area contributed by atoms with Crippen LogP contribution in [0.3, 0.4) is 0 Å². The lowest BCUT2D eigenvalue weighted by Gasteiger charge is -2.06. The van der Waals surface area contributed by atoms with Gasteiger partial charge in [0.1, 0.15) is 0 Å². The van der Waals surface area contributed by atoms with E-state index in [0.29, 0.717) is 0 Å². The van der Waals surface area contributed by atoms with Gasteiger partial charge in [0, 0.05) is 6.08 Å². The number of carboxylic acid groups (broad SMARTS) is 1. The van der Waals surface area contributed by atoms with Crippen LogP contribution in [-0.4, -0.2) is 11.1 Å². The molecule has 2 nitrogen and oxygen atoms in total. The first kappa shape index (κ1) is 12.1. The fraction of sp³-hybridized carbons (Fsp3) is 0.0625. The van der Waals surface area contributed by atoms with Crippen LogP contribution in [0.1, 0.15) is 11.1 Å². The molecule has 2 aromatic carbocycles. The average molecular weight is 238 g/mol. The van der Waals surface area contributed by atoms with Crippen molar-refractivity contribution >= 4 is 12.0 Å². The molecule has 0 atom stereocenters. The lowest BCUT2D eigenvalue weighted by Crippen LogP contribution is -1.86. The molecule has 0 aliphatic heterocycles. The number of benzene rings is 2. The molecular weight excluding hydrogens is 224 g/mol. The van der Waals surface area contributed by atoms with Gasteiger partial charge in [0.2, 0.25) is 0 Å². The number of aryl methyl sites for hydroxylation is 1. The summed E-state index contributed by atoms with van der Waals surface area (Å²) >= 11 is 0. The largest absolute Gasteiger partial charge is 0.478 e. The highest BCUT2D eigenvalue weighted by molar-refractivity contribution is 5.85. The van der Waals surface area contributed by atoms with Crippen LogP contribution in [0.5, 0.6) is 0 Å². The molecule has 18 heavy (non-hydrogen) atoms. The molecule has 0 fully saturated rings. The van der Waals surface area contributed by atoms with Crippen LogP contribution in [0.4, 0.5) is 0 Å². The van der Waals surface area contributed by atoms with Crippen LogP contribution in [-0.2, 0) is 4.79 Å². The molecule has 0 aliphatic carbocycles. The topological polar surface area (TPSA) is 37.3 Å². The zero-order chi connectivity index (χ0) is 13.0. The van der Waals surface area contributed by atoms with E-state index in [2.05, 4.69) is 19.1 Å². The molecular formula is C16H14O2. The number of carboxylic acids is 1. The summed E-state index contributed by atoms with van der Waals surface area (Å²) in [5, 5.41) is 8.62. The smallest absolute Gasteiger partial charge is 0.328 e. The standard InChI is InChI=1S/C16H14O2/c1-12-5-2-3-8-15(12)14-7-4-6-13(11-14)9-10-16(17)18/h2-11H,1H3,(H,17,18)/b10-9+. The van der Waals surface area contributed by atoms with Crippen LogP contribution in [0, 0.1) is 6.92 Å². The normalized spacial score (nSPS) is 10.7. The molecule has 0 unspecified atom stereocenters. The van der Waals surface area contributed by atoms with Crippen LogP contribution >= 0.6 is 0 Å². The quantitative estimate of drug-likeness (QED) is 0.827. The number of carbonyl (C=O) groups is 1. The maximum atomic E-state index is 10.5. The molecule has 0 radical (unpaired) electrons. The zero-order valence-corrected chi connectivity index (χ0v) is 10.1. The molecule has 0 bridgehead atoms. The average Bonchev–Trinajstić information content (AvgIpc) is 2.37. The van der Waals surface area contributed by atoms with Crippen molar-refractivity contribution in [3.8, 4) is 11.1 Å². The Balaban J connectivity index is 2.39. The van der Waals surface area contributed by atoms with E-state index in [1.54, 1.807) is 6.08 Å². The molecule has 0 saturated heterocycles. The maximum Gasteiger partial charge on any atom is 0.328 e. The Morgan fingerprint density at radius 1 is 1.11 bits per heavy atom. The Morgan fingerprint density at radius 2 is 1.89 bits per heavy atom. The molecule has 0 heterocycles. The summed E-state index contributed by atoms with van der Waals surface area (Å²) in [6, 6.07) is 16.0. The molecule has 2 rings (SSSR count). The van der Waals surface area contributed by atoms with E-state index < -0.39 is 5.97 Å². The predicted octanol–water partition coefficient (Wildman–Crippen LogP) is 3.76. The highest BCUT2D eigenvalue weighted by Crippen LogP contribution is 2.24. The lowest BCUT2D eigenvalue weighted by molar-refractivity contribution is -0.131. The van der Waals surface area contributed by atoms with Crippen molar-refractivity contribution in [3.05, 3.63) is 65.7 Å². The third-order valence-electron chi connectivity index (χ3n) is 2.76. The van der Waals surface area contributed by atoms with Gasteiger partial charge in [-0.25, -0.2) is 4.79 Å². The van der Waals surface area contributed by atoms with Crippen LogP contribution in [0.15, 0.2) is 54.6 Å². The van der Waals surface area contributed by atoms with Gasteiger partial charge in [0.25, 0.3) is 0 Å². The van der Waals surface area contributed by atoms with E-state index in [-0.39, 0.29) is 0 Å². The summed E-state index contributed by atoms with van der Waals surface area (Å²) in [4.78, 5) is 10.5. The molecule has 0 saturated carbocycles. The zero-order valence-electron chi connectivity index (χ0n) is 10.1. The number of aliphatic carboxylic acids is 1. The third kappa shape index (κ3) is 2.86. The Morgan fingerprint density at radius 3 is 2.61 bits per heavy atom. The number of rotatable bonds is 3. The van der Waals surface area contributed by atoms with Crippen molar-refractivity contribution in [1.82, 2.24) is 0 Å². The highest BCUT2D eigenvalue weighted by Gasteiger charge is 2.00. The monoisotopic (exact) mass is 238 g/mol. The van der Waals surface area contributed by atoms with Crippen molar-refractivity contribution < 1.29 is 9.90 Å². The summed E-state index contributed by atoms with van der Waals surface area (Å²) < 4.78 is 0. The van der Waals surface area contributed by atoms with Crippen molar-refractivity contribution in [2.45, 2.75) is 6.92 Å². The van der Waals surface area contributed by atoms with Crippen LogP contribution in [0.2, 0.25) is 0 Å². The fourth-order valence-corrected chi connectivity index (χ4v) is 1.87. The van der Waals surface area contributed by atoms with E-state index in [0.717, 1.165) is 17.2 Å². The van der Waals surface area contributed by atoms with Gasteiger partial charge in [-0.2, -0.15) is 0 Å². The first-order valence-corrected chi connectivity index (χ1v) is 5.74. The highest BCUT2D eigenvalue weighted by atomic mass is 16.4. The Bertz CT molecular complexity index is 598. The molecule has 2 aromatic rings. The summed E-state index contributed by atoms with van der Waals surface area (Å²) in [7, 11) is 0. The SMILES string of the molecule is Cc1ccccc1-c1cccc(/C=C/C(=O)O)c1. The van der Waals surface area contributed by atoms with Gasteiger partial charge in [-0.1, -0.05) is 42.5 Å². The second-order valence-electron chi connectivity index (χ2n) is 4.11. The van der Waals surface area contributed by atoms with Gasteiger partial charge in [-0.15, -0.1) is 0 Å². The fourth-order valence-electron chi connectivity index (χ4n) is 1.87. The molecule has 0 aromatic heterocycles. The van der Waals surface area contributed by atoms with Crippen molar-refractivity contribution in [3.63, 3.8) is 0 Å². The Kier molecular flexibility index (Phi) is 3.58. The van der Waals surface area contributed by atoms with Crippen LogP contribution < -0.4 is 0 Å². The van der Waals surface area contributed by atoms with Crippen molar-refractivity contribution in [2.24, 2.45) is 0 Å². The summed E-state index contributed by atoms with van der Waals surface area (Å²) in [5.41, 5.74) is 4.36. The second-order valence-corrected chi connectivity index (χ2v) is 4.11. The first-order valence-electron chi connectivity index (χ1n) is 5.74. The van der Waals surface area contributed by atoms with Gasteiger partial charge in [-0.3, -0.25) is 0 Å². The minimum absolute atomic E-state index is 0.887. The summed E-state index contributed by atoms with van der Waals surface area (Å²) in [6.45, 7) is 2.06. The van der Waals surface area contributed by atoms with Crippen molar-refractivity contribution in [1.29, 1.82) is 0 Å². The van der Waals surface area contributed by atoms with Gasteiger partial charge >= 0.3 is 5.97 Å². The van der Waals surface area contributed by atoms with E-state index in [1.807, 2.05) is 36.4 Å². The van der Waals surface area contributed by atoms with E-state index >= 15 is 0 Å². The van der Waals surface area contributed by atoms with Gasteiger partial charge in [0.05, 0.1) is 0 Å². The predicted molar refractivity (Wildman–Crippen MR) is 73.3 cm³/mol. The summed E-state index contributed by atoms with van der Waals surface area (Å²) in [6.07, 6.45) is 2.75. The second kappa shape index (κ2) is 5.32. The van der Waals surface area contributed by atoms with Gasteiger partial charge < -0.3 is 5.11 Å². The number of hydrogen-bond donors (Lipinski definition) is 1. The summed E-state index contributed by atoms with van der Waals surface area (Å²) in [5.74, 6) is -0.934. The molecule has 2 heteroatoms. The van der Waals surface area contributed by atoms with E-state index in [9.17, 15) is 4.79 Å². The molecule has 90 valence electrons. The minimum atomic E-state index is -0.934. The van der Waals surface area contributed by atoms with E-state index in [1.165, 1.54) is 11.1 Å².